The lowest BCUT2D eigenvalue weighted by Crippen LogP contribution is -2.00. The van der Waals surface area contributed by atoms with Gasteiger partial charge in [-0.15, -0.1) is 6.58 Å². The van der Waals surface area contributed by atoms with Crippen molar-refractivity contribution in [3.63, 3.8) is 0 Å². The molecule has 76 valence electrons. The second kappa shape index (κ2) is 4.79. The van der Waals surface area contributed by atoms with Crippen LogP contribution < -0.4 is 0 Å². The zero-order valence-corrected chi connectivity index (χ0v) is 7.90. The number of aromatic hydroxyl groups is 1. The summed E-state index contributed by atoms with van der Waals surface area (Å²) in [5.74, 6) is 0.0179. The lowest BCUT2D eigenvalue weighted by atomic mass is 9.99. The first-order valence-electron chi connectivity index (χ1n) is 4.39. The van der Waals surface area contributed by atoms with E-state index in [1.807, 2.05) is 0 Å². The molecule has 0 spiro atoms. The van der Waals surface area contributed by atoms with Crippen LogP contribution >= 0.6 is 0 Å². The van der Waals surface area contributed by atoms with Crippen molar-refractivity contribution in [1.82, 2.24) is 0 Å². The molecule has 0 aliphatic rings. The summed E-state index contributed by atoms with van der Waals surface area (Å²) in [6, 6.07) is 3.24. The van der Waals surface area contributed by atoms with Gasteiger partial charge in [0.15, 0.2) is 0 Å². The Kier molecular flexibility index (Phi) is 3.68. The van der Waals surface area contributed by atoms with E-state index in [1.54, 1.807) is 12.1 Å². The molecule has 1 rings (SSSR count). The van der Waals surface area contributed by atoms with Crippen LogP contribution in [-0.2, 0) is 19.6 Å². The van der Waals surface area contributed by atoms with E-state index < -0.39 is 0 Å². The van der Waals surface area contributed by atoms with E-state index in [9.17, 15) is 5.11 Å². The highest BCUT2D eigenvalue weighted by atomic mass is 16.3. The van der Waals surface area contributed by atoms with Crippen LogP contribution in [0.15, 0.2) is 24.8 Å². The van der Waals surface area contributed by atoms with Gasteiger partial charge in [-0.2, -0.15) is 0 Å². The third-order valence-electron chi connectivity index (χ3n) is 2.18. The van der Waals surface area contributed by atoms with Gasteiger partial charge in [-0.05, 0) is 23.6 Å². The molecular weight excluding hydrogens is 180 g/mol. The van der Waals surface area contributed by atoms with Crippen LogP contribution in [0.25, 0.3) is 0 Å². The number of hydrogen-bond donors (Lipinski definition) is 3. The molecule has 0 saturated heterocycles. The third-order valence-corrected chi connectivity index (χ3v) is 2.18. The molecule has 0 aliphatic heterocycles. The van der Waals surface area contributed by atoms with Gasteiger partial charge < -0.3 is 15.3 Å². The minimum absolute atomic E-state index is 0.0179. The highest BCUT2D eigenvalue weighted by Crippen LogP contribution is 2.25. The third kappa shape index (κ3) is 1.95. The average Bonchev–Trinajstić information content (AvgIpc) is 2.20. The summed E-state index contributed by atoms with van der Waals surface area (Å²) in [6.45, 7) is 3.14. The van der Waals surface area contributed by atoms with E-state index in [0.717, 1.165) is 5.56 Å². The fourth-order valence-corrected chi connectivity index (χ4v) is 1.45. The molecule has 0 heterocycles. The number of aliphatic hydroxyl groups is 2. The first kappa shape index (κ1) is 10.8. The van der Waals surface area contributed by atoms with E-state index in [4.69, 9.17) is 10.2 Å². The maximum atomic E-state index is 9.42. The molecule has 0 aliphatic carbocycles. The van der Waals surface area contributed by atoms with E-state index in [2.05, 4.69) is 6.58 Å². The molecule has 3 N–H and O–H groups in total. The van der Waals surface area contributed by atoms with E-state index in [0.29, 0.717) is 17.5 Å². The average molecular weight is 194 g/mol. The Labute approximate surface area is 82.9 Å². The van der Waals surface area contributed by atoms with Crippen LogP contribution in [0, 0.1) is 0 Å². The van der Waals surface area contributed by atoms with Gasteiger partial charge in [-0.1, -0.05) is 12.1 Å². The van der Waals surface area contributed by atoms with Crippen LogP contribution in [0.2, 0.25) is 0 Å². The number of rotatable bonds is 4. The molecule has 3 heteroatoms. The molecule has 14 heavy (non-hydrogen) atoms. The van der Waals surface area contributed by atoms with Crippen LogP contribution in [-0.4, -0.2) is 15.3 Å². The summed E-state index contributed by atoms with van der Waals surface area (Å²) in [5.41, 5.74) is 1.86. The number of hydrogen-bond acceptors (Lipinski definition) is 3. The molecule has 0 unspecified atom stereocenters. The van der Waals surface area contributed by atoms with Crippen molar-refractivity contribution in [2.75, 3.05) is 0 Å². The van der Waals surface area contributed by atoms with Crippen molar-refractivity contribution < 1.29 is 15.3 Å². The smallest absolute Gasteiger partial charge is 0.121 e. The summed E-state index contributed by atoms with van der Waals surface area (Å²) in [5, 5.41) is 27.6. The molecular formula is C11H14O3. The number of allylic oxidation sites excluding steroid dienone is 1. The van der Waals surface area contributed by atoms with Gasteiger partial charge in [0, 0.05) is 5.56 Å². The zero-order chi connectivity index (χ0) is 10.6. The largest absolute Gasteiger partial charge is 0.508 e. The Morgan fingerprint density at radius 2 is 1.79 bits per heavy atom. The Morgan fingerprint density at radius 1 is 1.14 bits per heavy atom. The normalized spacial score (nSPS) is 10.1. The van der Waals surface area contributed by atoms with Crippen molar-refractivity contribution in [3.8, 4) is 5.75 Å². The predicted octanol–water partition coefficient (Wildman–Crippen LogP) is 1.11. The summed E-state index contributed by atoms with van der Waals surface area (Å²) >= 11 is 0. The quantitative estimate of drug-likeness (QED) is 0.629. The molecule has 0 radical (unpaired) electrons. The lowest BCUT2D eigenvalue weighted by molar-refractivity contribution is 0.254. The van der Waals surface area contributed by atoms with E-state index in [1.165, 1.54) is 6.07 Å². The molecule has 0 bridgehead atoms. The first-order chi connectivity index (χ1) is 6.74. The van der Waals surface area contributed by atoms with Crippen molar-refractivity contribution in [1.29, 1.82) is 0 Å². The SMILES string of the molecule is C=CCc1ccc(O)c(CO)c1CO. The van der Waals surface area contributed by atoms with Gasteiger partial charge in [-0.3, -0.25) is 0 Å². The van der Waals surface area contributed by atoms with Gasteiger partial charge in [0.05, 0.1) is 13.2 Å². The summed E-state index contributed by atoms with van der Waals surface area (Å²) < 4.78 is 0. The van der Waals surface area contributed by atoms with Gasteiger partial charge in [-0.25, -0.2) is 0 Å². The van der Waals surface area contributed by atoms with Crippen LogP contribution in [0.4, 0.5) is 0 Å². The Bertz CT molecular complexity index is 332. The van der Waals surface area contributed by atoms with E-state index in [-0.39, 0.29) is 19.0 Å². The fraction of sp³-hybridized carbons (Fsp3) is 0.273. The molecule has 3 nitrogen and oxygen atoms in total. The standard InChI is InChI=1S/C11H14O3/c1-2-3-8-4-5-11(14)10(7-13)9(8)6-12/h2,4-5,12-14H,1,3,6-7H2. The van der Waals surface area contributed by atoms with Crippen molar-refractivity contribution >= 4 is 0 Å². The second-order valence-corrected chi connectivity index (χ2v) is 3.01. The highest BCUT2D eigenvalue weighted by Gasteiger charge is 2.10. The van der Waals surface area contributed by atoms with Crippen molar-refractivity contribution in [2.24, 2.45) is 0 Å². The number of phenols is 1. The number of aliphatic hydroxyl groups excluding tert-OH is 2. The summed E-state index contributed by atoms with van der Waals surface area (Å²) in [7, 11) is 0. The molecule has 1 aromatic carbocycles. The summed E-state index contributed by atoms with van der Waals surface area (Å²) in [4.78, 5) is 0. The summed E-state index contributed by atoms with van der Waals surface area (Å²) in [6.07, 6.45) is 2.33. The topological polar surface area (TPSA) is 60.7 Å². The highest BCUT2D eigenvalue weighted by molar-refractivity contribution is 5.44. The van der Waals surface area contributed by atoms with Crippen LogP contribution in [0.3, 0.4) is 0 Å². The molecule has 0 atom stereocenters. The Hall–Kier alpha value is -1.32. The molecule has 0 saturated carbocycles. The van der Waals surface area contributed by atoms with Crippen molar-refractivity contribution in [3.05, 3.63) is 41.5 Å². The molecule has 1 aromatic rings. The second-order valence-electron chi connectivity index (χ2n) is 3.01. The van der Waals surface area contributed by atoms with Gasteiger partial charge >= 0.3 is 0 Å². The number of benzene rings is 1. The van der Waals surface area contributed by atoms with Crippen LogP contribution in [0.1, 0.15) is 16.7 Å². The Balaban J connectivity index is 3.24. The van der Waals surface area contributed by atoms with Crippen LogP contribution in [0.5, 0.6) is 5.75 Å². The molecule has 0 aromatic heterocycles. The zero-order valence-electron chi connectivity index (χ0n) is 7.90. The molecule has 0 amide bonds. The minimum Gasteiger partial charge on any atom is -0.508 e. The maximum Gasteiger partial charge on any atom is 0.121 e. The van der Waals surface area contributed by atoms with Gasteiger partial charge in [0.1, 0.15) is 5.75 Å². The van der Waals surface area contributed by atoms with E-state index >= 15 is 0 Å². The lowest BCUT2D eigenvalue weighted by Gasteiger charge is -2.11. The molecule has 0 fully saturated rings. The van der Waals surface area contributed by atoms with Gasteiger partial charge in [0.25, 0.3) is 0 Å². The minimum atomic E-state index is -0.271. The van der Waals surface area contributed by atoms with Crippen molar-refractivity contribution in [2.45, 2.75) is 19.6 Å². The predicted molar refractivity (Wildman–Crippen MR) is 53.9 cm³/mol. The monoisotopic (exact) mass is 194 g/mol. The van der Waals surface area contributed by atoms with Gasteiger partial charge in [0.2, 0.25) is 0 Å². The first-order valence-corrected chi connectivity index (χ1v) is 4.39. The Morgan fingerprint density at radius 3 is 2.29 bits per heavy atom. The fourth-order valence-electron chi connectivity index (χ4n) is 1.45. The maximum absolute atomic E-state index is 9.42.